The summed E-state index contributed by atoms with van der Waals surface area (Å²) in [6.45, 7) is 0. The molecule has 18 heavy (non-hydrogen) atoms. The van der Waals surface area contributed by atoms with Crippen LogP contribution in [-0.4, -0.2) is 26.9 Å². The molecule has 5 nitrogen and oxygen atoms in total. The van der Waals surface area contributed by atoms with Crippen molar-refractivity contribution in [1.82, 2.24) is 4.98 Å². The summed E-state index contributed by atoms with van der Waals surface area (Å²) in [5.41, 5.74) is 0. The summed E-state index contributed by atoms with van der Waals surface area (Å²) in [6.07, 6.45) is -4.95. The molecule has 0 aromatic carbocycles. The fourth-order valence-corrected chi connectivity index (χ4v) is 2.47. The minimum absolute atomic E-state index is 0.156. The number of halogens is 5. The highest BCUT2D eigenvalue weighted by atomic mass is 127. The number of aromatic nitrogens is 1. The SMILES string of the molecule is COc1nc(S(=O)(=O)Cl)cc(I)c1OC(F)(F)F. The number of pyridine rings is 1. The Morgan fingerprint density at radius 2 is 2.00 bits per heavy atom. The van der Waals surface area contributed by atoms with Crippen LogP contribution in [0.4, 0.5) is 13.2 Å². The van der Waals surface area contributed by atoms with E-state index in [4.69, 9.17) is 10.7 Å². The minimum atomic E-state index is -4.95. The lowest BCUT2D eigenvalue weighted by atomic mass is 10.4. The van der Waals surface area contributed by atoms with Crippen LogP contribution in [0.25, 0.3) is 0 Å². The molecule has 0 saturated carbocycles. The first-order valence-corrected chi connectivity index (χ1v) is 7.38. The zero-order valence-corrected chi connectivity index (χ0v) is 12.2. The monoisotopic (exact) mass is 417 g/mol. The van der Waals surface area contributed by atoms with E-state index < -0.39 is 32.1 Å². The smallest absolute Gasteiger partial charge is 0.478 e. The van der Waals surface area contributed by atoms with Crippen molar-refractivity contribution in [3.8, 4) is 11.6 Å². The summed E-state index contributed by atoms with van der Waals surface area (Å²) in [5.74, 6) is -1.35. The van der Waals surface area contributed by atoms with Crippen molar-refractivity contribution < 1.29 is 31.1 Å². The minimum Gasteiger partial charge on any atom is -0.478 e. The van der Waals surface area contributed by atoms with E-state index in [0.29, 0.717) is 0 Å². The largest absolute Gasteiger partial charge is 0.573 e. The predicted molar refractivity (Wildman–Crippen MR) is 63.2 cm³/mol. The van der Waals surface area contributed by atoms with Crippen LogP contribution in [0.15, 0.2) is 11.1 Å². The van der Waals surface area contributed by atoms with Gasteiger partial charge in [0, 0.05) is 10.7 Å². The summed E-state index contributed by atoms with van der Waals surface area (Å²) in [5, 5.41) is -0.625. The van der Waals surface area contributed by atoms with Crippen LogP contribution in [-0.2, 0) is 9.05 Å². The van der Waals surface area contributed by atoms with Crippen molar-refractivity contribution in [2.75, 3.05) is 7.11 Å². The van der Waals surface area contributed by atoms with E-state index in [1.165, 1.54) is 22.6 Å². The maximum absolute atomic E-state index is 12.1. The van der Waals surface area contributed by atoms with Gasteiger partial charge in [0.1, 0.15) is 0 Å². The number of hydrogen-bond acceptors (Lipinski definition) is 5. The van der Waals surface area contributed by atoms with E-state index >= 15 is 0 Å². The van der Waals surface area contributed by atoms with Crippen molar-refractivity contribution in [2.24, 2.45) is 0 Å². The molecule has 0 aliphatic rings. The van der Waals surface area contributed by atoms with Gasteiger partial charge in [-0.15, -0.1) is 13.2 Å². The first kappa shape index (κ1) is 15.6. The highest BCUT2D eigenvalue weighted by Crippen LogP contribution is 2.36. The molecule has 0 fully saturated rings. The third kappa shape index (κ3) is 4.02. The first-order chi connectivity index (χ1) is 8.04. The third-order valence-electron chi connectivity index (χ3n) is 1.53. The van der Waals surface area contributed by atoms with E-state index in [1.54, 1.807) is 0 Å². The molecule has 0 N–H and O–H groups in total. The Kier molecular flexibility index (Phi) is 4.54. The standard InChI is InChI=1S/C7H4ClF3INO4S/c1-16-6-5(17-7(9,10)11)3(12)2-4(13-6)18(8,14)15/h2H,1H3. The normalized spacial score (nSPS) is 12.3. The average molecular weight is 418 g/mol. The van der Waals surface area contributed by atoms with E-state index in [1.807, 2.05) is 0 Å². The van der Waals surface area contributed by atoms with Gasteiger partial charge in [0.25, 0.3) is 14.9 Å². The average Bonchev–Trinajstić information content (AvgIpc) is 2.17. The van der Waals surface area contributed by atoms with Crippen LogP contribution in [0.1, 0.15) is 0 Å². The van der Waals surface area contributed by atoms with E-state index in [2.05, 4.69) is 14.5 Å². The molecule has 0 radical (unpaired) electrons. The third-order valence-corrected chi connectivity index (χ3v) is 3.52. The molecule has 1 heterocycles. The van der Waals surface area contributed by atoms with Gasteiger partial charge in [-0.1, -0.05) is 0 Å². The topological polar surface area (TPSA) is 65.5 Å². The number of rotatable bonds is 3. The number of methoxy groups -OCH3 is 1. The summed E-state index contributed by atoms with van der Waals surface area (Å²) < 4.78 is 66.5. The highest BCUT2D eigenvalue weighted by Gasteiger charge is 2.34. The molecule has 102 valence electrons. The molecule has 0 aliphatic carbocycles. The number of nitrogens with zero attached hydrogens (tertiary/aromatic N) is 1. The van der Waals surface area contributed by atoms with Crippen molar-refractivity contribution in [3.05, 3.63) is 9.64 Å². The lowest BCUT2D eigenvalue weighted by molar-refractivity contribution is -0.275. The van der Waals surface area contributed by atoms with Gasteiger partial charge < -0.3 is 9.47 Å². The molecule has 0 unspecified atom stereocenters. The molecule has 0 atom stereocenters. The van der Waals surface area contributed by atoms with Gasteiger partial charge in [0.05, 0.1) is 10.7 Å². The van der Waals surface area contributed by atoms with Crippen LogP contribution in [0.5, 0.6) is 11.6 Å². The zero-order chi connectivity index (χ0) is 14.1. The molecule has 11 heteroatoms. The lowest BCUT2D eigenvalue weighted by Crippen LogP contribution is -2.19. The molecular formula is C7H4ClF3INO4S. The molecular weight excluding hydrogens is 413 g/mol. The van der Waals surface area contributed by atoms with Crippen molar-refractivity contribution in [2.45, 2.75) is 11.4 Å². The summed E-state index contributed by atoms with van der Waals surface area (Å²) in [6, 6.07) is 0.840. The Balaban J connectivity index is 3.38. The van der Waals surface area contributed by atoms with Crippen molar-refractivity contribution in [1.29, 1.82) is 0 Å². The van der Waals surface area contributed by atoms with Crippen LogP contribution in [0.3, 0.4) is 0 Å². The number of alkyl halides is 3. The van der Waals surface area contributed by atoms with Gasteiger partial charge >= 0.3 is 6.36 Å². The Morgan fingerprint density at radius 3 is 2.39 bits per heavy atom. The van der Waals surface area contributed by atoms with Gasteiger partial charge in [0.15, 0.2) is 5.03 Å². The van der Waals surface area contributed by atoms with Gasteiger partial charge in [-0.2, -0.15) is 4.98 Å². The fraction of sp³-hybridized carbons (Fsp3) is 0.286. The van der Waals surface area contributed by atoms with Crippen LogP contribution < -0.4 is 9.47 Å². The van der Waals surface area contributed by atoms with E-state index in [0.717, 1.165) is 13.2 Å². The Labute approximate surface area is 118 Å². The predicted octanol–water partition coefficient (Wildman–Crippen LogP) is 2.52. The molecule has 0 bridgehead atoms. The maximum Gasteiger partial charge on any atom is 0.573 e. The fourth-order valence-electron chi connectivity index (χ4n) is 0.931. The number of ether oxygens (including phenoxy) is 2. The molecule has 0 spiro atoms. The summed E-state index contributed by atoms with van der Waals surface area (Å²) in [7, 11) is 1.87. The van der Waals surface area contributed by atoms with Gasteiger partial charge in [0.2, 0.25) is 5.75 Å². The summed E-state index contributed by atoms with van der Waals surface area (Å²) >= 11 is 1.45. The van der Waals surface area contributed by atoms with E-state index in [9.17, 15) is 21.6 Å². The van der Waals surface area contributed by atoms with Gasteiger partial charge in [-0.3, -0.25) is 0 Å². The lowest BCUT2D eigenvalue weighted by Gasteiger charge is -2.13. The summed E-state index contributed by atoms with van der Waals surface area (Å²) in [4.78, 5) is 3.34. The number of hydrogen-bond donors (Lipinski definition) is 0. The second-order valence-corrected chi connectivity index (χ2v) is 6.44. The van der Waals surface area contributed by atoms with Crippen molar-refractivity contribution >= 4 is 42.3 Å². The second kappa shape index (κ2) is 5.25. The molecule has 0 saturated heterocycles. The van der Waals surface area contributed by atoms with E-state index in [-0.39, 0.29) is 3.57 Å². The quantitative estimate of drug-likeness (QED) is 0.559. The van der Waals surface area contributed by atoms with Crippen LogP contribution >= 0.6 is 33.3 Å². The molecule has 1 aromatic rings. The van der Waals surface area contributed by atoms with Gasteiger partial charge in [-0.05, 0) is 28.7 Å². The Morgan fingerprint density at radius 1 is 1.44 bits per heavy atom. The first-order valence-electron chi connectivity index (χ1n) is 3.99. The molecule has 1 rings (SSSR count). The maximum atomic E-state index is 12.1. The second-order valence-electron chi connectivity index (χ2n) is 2.77. The van der Waals surface area contributed by atoms with Crippen molar-refractivity contribution in [3.63, 3.8) is 0 Å². The van der Waals surface area contributed by atoms with Crippen LogP contribution in [0.2, 0.25) is 0 Å². The van der Waals surface area contributed by atoms with Gasteiger partial charge in [-0.25, -0.2) is 8.42 Å². The highest BCUT2D eigenvalue weighted by molar-refractivity contribution is 14.1. The Bertz CT molecular complexity index is 563. The Hall–Kier alpha value is -0.490. The molecule has 1 aromatic heterocycles. The molecule has 0 amide bonds. The van der Waals surface area contributed by atoms with Crippen LogP contribution in [0, 0.1) is 3.57 Å². The zero-order valence-electron chi connectivity index (χ0n) is 8.46. The molecule has 0 aliphatic heterocycles.